The summed E-state index contributed by atoms with van der Waals surface area (Å²) in [7, 11) is 0. The van der Waals surface area contributed by atoms with Gasteiger partial charge in [-0.25, -0.2) is 0 Å². The lowest BCUT2D eigenvalue weighted by Gasteiger charge is -2.27. The Morgan fingerprint density at radius 2 is 2.00 bits per heavy atom. The lowest BCUT2D eigenvalue weighted by Crippen LogP contribution is -2.34. The zero-order valence-electron chi connectivity index (χ0n) is 11.0. The first-order valence-corrected chi connectivity index (χ1v) is 6.93. The Kier molecular flexibility index (Phi) is 2.33. The fraction of sp³-hybridized carbons (Fsp3) is 0.500. The topological polar surface area (TPSA) is 46.8 Å². The van der Waals surface area contributed by atoms with Crippen molar-refractivity contribution in [2.45, 2.75) is 32.2 Å². The van der Waals surface area contributed by atoms with E-state index in [2.05, 4.69) is 51.6 Å². The quantitative estimate of drug-likeness (QED) is 0.823. The third-order valence-corrected chi connectivity index (χ3v) is 4.40. The molecule has 5 nitrogen and oxygen atoms in total. The van der Waals surface area contributed by atoms with Crippen LogP contribution in [0, 0.1) is 12.8 Å². The van der Waals surface area contributed by atoms with Gasteiger partial charge in [-0.2, -0.15) is 4.68 Å². The number of hydrogen-bond acceptors (Lipinski definition) is 4. The molecule has 1 aromatic heterocycles. The van der Waals surface area contributed by atoms with E-state index in [0.717, 1.165) is 24.1 Å². The summed E-state index contributed by atoms with van der Waals surface area (Å²) >= 11 is 0. The summed E-state index contributed by atoms with van der Waals surface area (Å²) in [6.45, 7) is 3.20. The molecule has 0 spiro atoms. The van der Waals surface area contributed by atoms with Gasteiger partial charge in [0.15, 0.2) is 0 Å². The normalized spacial score (nSPS) is 25.2. The Morgan fingerprint density at radius 1 is 1.16 bits per heavy atom. The van der Waals surface area contributed by atoms with Crippen LogP contribution in [0.1, 0.15) is 24.8 Å². The van der Waals surface area contributed by atoms with Gasteiger partial charge in [-0.3, -0.25) is 0 Å². The zero-order chi connectivity index (χ0) is 12.8. The van der Waals surface area contributed by atoms with Crippen LogP contribution in [0.4, 0.5) is 5.95 Å². The van der Waals surface area contributed by atoms with Crippen molar-refractivity contribution >= 4 is 5.95 Å². The van der Waals surface area contributed by atoms with Gasteiger partial charge in [-0.15, -0.1) is 0 Å². The minimum absolute atomic E-state index is 0.639. The summed E-state index contributed by atoms with van der Waals surface area (Å²) in [6, 6.07) is 8.97. The van der Waals surface area contributed by atoms with E-state index in [0.29, 0.717) is 6.04 Å². The van der Waals surface area contributed by atoms with Crippen molar-refractivity contribution in [2.75, 3.05) is 11.4 Å². The van der Waals surface area contributed by atoms with E-state index >= 15 is 0 Å². The van der Waals surface area contributed by atoms with Crippen LogP contribution >= 0.6 is 0 Å². The Labute approximate surface area is 112 Å². The fourth-order valence-electron chi connectivity index (χ4n) is 3.38. The van der Waals surface area contributed by atoms with Gasteiger partial charge < -0.3 is 4.90 Å². The highest BCUT2D eigenvalue weighted by molar-refractivity contribution is 5.43. The Balaban J connectivity index is 1.71. The molecule has 2 fully saturated rings. The van der Waals surface area contributed by atoms with Gasteiger partial charge in [0.25, 0.3) is 5.95 Å². The number of benzene rings is 1. The first-order valence-electron chi connectivity index (χ1n) is 6.93. The van der Waals surface area contributed by atoms with Crippen molar-refractivity contribution in [2.24, 2.45) is 5.92 Å². The molecular formula is C14H17N5. The first-order chi connectivity index (χ1) is 9.31. The highest BCUT2D eigenvalue weighted by Gasteiger charge is 2.40. The van der Waals surface area contributed by atoms with Crippen molar-refractivity contribution in [1.29, 1.82) is 0 Å². The number of fused-ring (bicyclic) bond motifs is 2. The predicted octanol–water partition coefficient (Wildman–Crippen LogP) is 1.96. The van der Waals surface area contributed by atoms with Crippen LogP contribution in [-0.2, 0) is 0 Å². The minimum atomic E-state index is 0.639. The molecule has 0 N–H and O–H groups in total. The van der Waals surface area contributed by atoms with Crippen LogP contribution < -0.4 is 4.90 Å². The van der Waals surface area contributed by atoms with Gasteiger partial charge in [-0.1, -0.05) is 22.8 Å². The lowest BCUT2D eigenvalue weighted by atomic mass is 10.1. The third-order valence-electron chi connectivity index (χ3n) is 4.40. The third kappa shape index (κ3) is 1.72. The van der Waals surface area contributed by atoms with E-state index in [4.69, 9.17) is 0 Å². The lowest BCUT2D eigenvalue weighted by molar-refractivity contribution is 0.543. The second kappa shape index (κ2) is 4.05. The average Bonchev–Trinajstić information content (AvgIpc) is 3.15. The molecule has 5 heteroatoms. The number of tetrazole rings is 1. The highest BCUT2D eigenvalue weighted by atomic mass is 15.6. The molecule has 2 aromatic rings. The number of aryl methyl sites for hydroxylation is 1. The van der Waals surface area contributed by atoms with Crippen LogP contribution in [-0.4, -0.2) is 32.8 Å². The van der Waals surface area contributed by atoms with Crippen LogP contribution in [0.15, 0.2) is 24.3 Å². The molecule has 2 atom stereocenters. The molecule has 0 radical (unpaired) electrons. The zero-order valence-corrected chi connectivity index (χ0v) is 11.0. The molecule has 2 bridgehead atoms. The van der Waals surface area contributed by atoms with Gasteiger partial charge in [0, 0.05) is 12.6 Å². The smallest absolute Gasteiger partial charge is 0.250 e. The summed E-state index contributed by atoms with van der Waals surface area (Å²) in [5.74, 6) is 1.74. The highest BCUT2D eigenvalue weighted by Crippen LogP contribution is 2.39. The van der Waals surface area contributed by atoms with Crippen molar-refractivity contribution < 1.29 is 0 Å². The summed E-state index contributed by atoms with van der Waals surface area (Å²) in [6.07, 6.45) is 3.96. The van der Waals surface area contributed by atoms with Gasteiger partial charge in [-0.05, 0) is 54.7 Å². The Bertz CT molecular complexity index is 588. The van der Waals surface area contributed by atoms with Crippen molar-refractivity contribution in [3.8, 4) is 5.69 Å². The van der Waals surface area contributed by atoms with E-state index in [1.54, 1.807) is 0 Å². The van der Waals surface area contributed by atoms with Crippen molar-refractivity contribution in [3.05, 3.63) is 29.8 Å². The molecule has 1 saturated carbocycles. The van der Waals surface area contributed by atoms with Crippen molar-refractivity contribution in [1.82, 2.24) is 20.2 Å². The molecular weight excluding hydrogens is 238 g/mol. The van der Waals surface area contributed by atoms with E-state index in [1.807, 2.05) is 4.68 Å². The summed E-state index contributed by atoms with van der Waals surface area (Å²) in [4.78, 5) is 2.38. The number of piperidine rings is 1. The van der Waals surface area contributed by atoms with Crippen LogP contribution in [0.5, 0.6) is 0 Å². The fourth-order valence-corrected chi connectivity index (χ4v) is 3.38. The van der Waals surface area contributed by atoms with E-state index in [1.165, 1.54) is 24.8 Å². The molecule has 1 saturated heterocycles. The second-order valence-electron chi connectivity index (χ2n) is 5.71. The molecule has 4 rings (SSSR count). The van der Waals surface area contributed by atoms with Gasteiger partial charge in [0.1, 0.15) is 0 Å². The van der Waals surface area contributed by atoms with Crippen LogP contribution in [0.2, 0.25) is 0 Å². The number of hydrogen-bond donors (Lipinski definition) is 0. The van der Waals surface area contributed by atoms with E-state index in [9.17, 15) is 0 Å². The molecule has 2 aliphatic rings. The number of rotatable bonds is 2. The predicted molar refractivity (Wildman–Crippen MR) is 72.4 cm³/mol. The van der Waals surface area contributed by atoms with Crippen LogP contribution in [0.3, 0.4) is 0 Å². The molecule has 1 aliphatic carbocycles. The SMILES string of the molecule is Cc1ccc(-n2nnnc2N2CC3CCC2C3)cc1. The molecule has 1 aromatic carbocycles. The molecule has 19 heavy (non-hydrogen) atoms. The van der Waals surface area contributed by atoms with Gasteiger partial charge in [0.2, 0.25) is 0 Å². The molecule has 98 valence electrons. The molecule has 0 amide bonds. The first kappa shape index (κ1) is 11.0. The summed E-state index contributed by atoms with van der Waals surface area (Å²) in [5.41, 5.74) is 2.28. The minimum Gasteiger partial charge on any atom is -0.336 e. The Hall–Kier alpha value is -1.91. The van der Waals surface area contributed by atoms with E-state index in [-0.39, 0.29) is 0 Å². The van der Waals surface area contributed by atoms with Crippen LogP contribution in [0.25, 0.3) is 5.69 Å². The number of nitrogens with zero attached hydrogens (tertiary/aromatic N) is 5. The number of aromatic nitrogens is 4. The maximum Gasteiger partial charge on any atom is 0.250 e. The average molecular weight is 255 g/mol. The maximum atomic E-state index is 4.24. The van der Waals surface area contributed by atoms with E-state index < -0.39 is 0 Å². The van der Waals surface area contributed by atoms with Gasteiger partial charge >= 0.3 is 0 Å². The Morgan fingerprint density at radius 3 is 2.68 bits per heavy atom. The second-order valence-corrected chi connectivity index (χ2v) is 5.71. The molecule has 2 heterocycles. The number of anilines is 1. The summed E-state index contributed by atoms with van der Waals surface area (Å²) < 4.78 is 1.86. The largest absolute Gasteiger partial charge is 0.336 e. The molecule has 2 unspecified atom stereocenters. The monoisotopic (exact) mass is 255 g/mol. The maximum absolute atomic E-state index is 4.24. The molecule has 1 aliphatic heterocycles. The summed E-state index contributed by atoms with van der Waals surface area (Å²) in [5, 5.41) is 12.3. The standard InChI is InChI=1S/C14H17N5/c1-10-2-5-12(6-3-10)19-14(15-16-17-19)18-9-11-4-7-13(18)8-11/h2-3,5-6,11,13H,4,7-9H2,1H3. The van der Waals surface area contributed by atoms with Crippen molar-refractivity contribution in [3.63, 3.8) is 0 Å². The van der Waals surface area contributed by atoms with Gasteiger partial charge in [0.05, 0.1) is 5.69 Å².